The number of nitrogens with two attached hydrogens (primary N) is 1. The van der Waals surface area contributed by atoms with Crippen molar-refractivity contribution in [3.05, 3.63) is 35.8 Å². The molecular weight excluding hydrogens is 378 g/mol. The van der Waals surface area contributed by atoms with Crippen molar-refractivity contribution in [1.82, 2.24) is 19.7 Å². The second kappa shape index (κ2) is 6.77. The lowest BCUT2D eigenvalue weighted by Gasteiger charge is -2.27. The van der Waals surface area contributed by atoms with Gasteiger partial charge in [0.2, 0.25) is 11.9 Å². The van der Waals surface area contributed by atoms with Crippen LogP contribution < -0.4 is 16.4 Å². The third-order valence-electron chi connectivity index (χ3n) is 6.14. The zero-order valence-corrected chi connectivity index (χ0v) is 16.0. The molecule has 0 aromatic carbocycles. The largest absolute Gasteiger partial charge is 0.369 e. The average molecular weight is 400 g/mol. The first-order valence-electron chi connectivity index (χ1n) is 9.66. The molecule has 2 aromatic rings. The molecule has 0 spiro atoms. The normalized spacial score (nSPS) is 28.3. The molecule has 2 fully saturated rings. The van der Waals surface area contributed by atoms with Crippen LogP contribution in [-0.4, -0.2) is 31.7 Å². The molecule has 9 heteroatoms. The predicted octanol–water partition coefficient (Wildman–Crippen LogP) is 2.88. The van der Waals surface area contributed by atoms with E-state index in [9.17, 15) is 4.79 Å². The Hall–Kier alpha value is -2.61. The van der Waals surface area contributed by atoms with Crippen LogP contribution in [-0.2, 0) is 4.79 Å². The zero-order chi connectivity index (χ0) is 19.3. The Kier molecular flexibility index (Phi) is 4.23. The van der Waals surface area contributed by atoms with E-state index in [-0.39, 0.29) is 29.7 Å². The molecule has 0 saturated heterocycles. The highest BCUT2D eigenvalue weighted by Gasteiger charge is 2.47. The fourth-order valence-corrected chi connectivity index (χ4v) is 4.62. The van der Waals surface area contributed by atoms with E-state index in [1.165, 1.54) is 19.3 Å². The summed E-state index contributed by atoms with van der Waals surface area (Å²) in [6.07, 6.45) is 14.1. The fourth-order valence-electron chi connectivity index (χ4n) is 4.48. The molecule has 4 atom stereocenters. The van der Waals surface area contributed by atoms with Crippen LogP contribution in [0.3, 0.4) is 0 Å². The van der Waals surface area contributed by atoms with Crippen molar-refractivity contribution in [3.8, 4) is 0 Å². The number of primary amides is 1. The maximum Gasteiger partial charge on any atom is 0.229 e. The van der Waals surface area contributed by atoms with Gasteiger partial charge in [-0.25, -0.2) is 4.98 Å². The number of aromatic nitrogens is 4. The van der Waals surface area contributed by atoms with Crippen molar-refractivity contribution < 1.29 is 4.79 Å². The average Bonchev–Trinajstić information content (AvgIpc) is 3.33. The van der Waals surface area contributed by atoms with Crippen LogP contribution in [0, 0.1) is 17.8 Å². The Labute approximate surface area is 167 Å². The molecule has 8 nitrogen and oxygen atoms in total. The van der Waals surface area contributed by atoms with Gasteiger partial charge in [-0.1, -0.05) is 23.8 Å². The molecule has 2 aromatic heterocycles. The number of fused-ring (bicyclic) bond motifs is 2. The summed E-state index contributed by atoms with van der Waals surface area (Å²) in [5, 5.41) is 11.3. The van der Waals surface area contributed by atoms with Crippen LogP contribution in [0.4, 0.5) is 17.5 Å². The van der Waals surface area contributed by atoms with Crippen molar-refractivity contribution in [1.29, 1.82) is 0 Å². The molecule has 1 amide bonds. The van der Waals surface area contributed by atoms with Crippen LogP contribution in [0.25, 0.3) is 0 Å². The number of halogens is 1. The number of hydrogen-bond donors (Lipinski definition) is 3. The van der Waals surface area contributed by atoms with Gasteiger partial charge in [-0.2, -0.15) is 10.1 Å². The quantitative estimate of drug-likeness (QED) is 0.644. The molecule has 3 aliphatic rings. The van der Waals surface area contributed by atoms with Gasteiger partial charge in [0.15, 0.2) is 5.82 Å². The zero-order valence-electron chi connectivity index (χ0n) is 15.3. The van der Waals surface area contributed by atoms with Gasteiger partial charge in [-0.3, -0.25) is 9.48 Å². The number of amides is 1. The van der Waals surface area contributed by atoms with Gasteiger partial charge in [-0.05, 0) is 37.5 Å². The summed E-state index contributed by atoms with van der Waals surface area (Å²) in [4.78, 5) is 20.7. The van der Waals surface area contributed by atoms with Crippen molar-refractivity contribution in [2.75, 3.05) is 10.6 Å². The van der Waals surface area contributed by atoms with E-state index in [2.05, 4.69) is 37.9 Å². The maximum atomic E-state index is 11.9. The Balaban J connectivity index is 1.34. The van der Waals surface area contributed by atoms with E-state index in [0.717, 1.165) is 12.1 Å². The van der Waals surface area contributed by atoms with Crippen molar-refractivity contribution >= 4 is 35.0 Å². The van der Waals surface area contributed by atoms with E-state index in [0.29, 0.717) is 22.8 Å². The molecule has 0 aliphatic heterocycles. The monoisotopic (exact) mass is 399 g/mol. The first-order chi connectivity index (χ1) is 13.6. The molecule has 28 heavy (non-hydrogen) atoms. The molecular formula is C19H22ClN7O. The highest BCUT2D eigenvalue weighted by atomic mass is 35.5. The molecule has 0 unspecified atom stereocenters. The third-order valence-corrected chi connectivity index (χ3v) is 6.42. The molecule has 2 saturated carbocycles. The summed E-state index contributed by atoms with van der Waals surface area (Å²) in [7, 11) is 0. The Morgan fingerprint density at radius 2 is 2.07 bits per heavy atom. The molecule has 146 valence electrons. The Morgan fingerprint density at radius 3 is 2.82 bits per heavy atom. The third kappa shape index (κ3) is 3.01. The smallest absolute Gasteiger partial charge is 0.229 e. The summed E-state index contributed by atoms with van der Waals surface area (Å²) in [6, 6.07) is 0.393. The van der Waals surface area contributed by atoms with Crippen LogP contribution in [0.1, 0.15) is 31.7 Å². The summed E-state index contributed by atoms with van der Waals surface area (Å²) < 4.78 is 1.99. The van der Waals surface area contributed by atoms with E-state index >= 15 is 0 Å². The number of hydrogen-bond acceptors (Lipinski definition) is 6. The van der Waals surface area contributed by atoms with Gasteiger partial charge in [-0.15, -0.1) is 0 Å². The number of carbonyl (C=O) groups is 1. The molecule has 2 bridgehead atoms. The fraction of sp³-hybridized carbons (Fsp3) is 0.474. The molecule has 0 radical (unpaired) electrons. The lowest BCUT2D eigenvalue weighted by atomic mass is 9.88. The van der Waals surface area contributed by atoms with Crippen molar-refractivity contribution in [2.24, 2.45) is 23.5 Å². The van der Waals surface area contributed by atoms with Gasteiger partial charge in [0.1, 0.15) is 5.02 Å². The highest BCUT2D eigenvalue weighted by Crippen LogP contribution is 2.45. The Bertz CT molecular complexity index is 938. The SMILES string of the molecule is NC(=O)[C@@H]1[C@H](Nc2nc(Nc3cnn(C4CCC4)c3)ncc2Cl)[C@H]2C=C[C@@H]1C2. The minimum atomic E-state index is -0.290. The molecule has 3 aliphatic carbocycles. The summed E-state index contributed by atoms with van der Waals surface area (Å²) in [6.45, 7) is 0. The van der Waals surface area contributed by atoms with E-state index in [1.807, 2.05) is 10.9 Å². The predicted molar refractivity (Wildman–Crippen MR) is 106 cm³/mol. The lowest BCUT2D eigenvalue weighted by molar-refractivity contribution is -0.122. The van der Waals surface area contributed by atoms with Gasteiger partial charge >= 0.3 is 0 Å². The van der Waals surface area contributed by atoms with Crippen molar-refractivity contribution in [3.63, 3.8) is 0 Å². The Morgan fingerprint density at radius 1 is 1.25 bits per heavy atom. The second-order valence-corrected chi connectivity index (χ2v) is 8.26. The van der Waals surface area contributed by atoms with Crippen LogP contribution in [0.5, 0.6) is 0 Å². The van der Waals surface area contributed by atoms with E-state index in [1.54, 1.807) is 12.4 Å². The second-order valence-electron chi connectivity index (χ2n) is 7.86. The van der Waals surface area contributed by atoms with Gasteiger partial charge in [0.25, 0.3) is 0 Å². The maximum absolute atomic E-state index is 11.9. The first-order valence-corrected chi connectivity index (χ1v) is 10.0. The van der Waals surface area contributed by atoms with Gasteiger partial charge < -0.3 is 16.4 Å². The summed E-state index contributed by atoms with van der Waals surface area (Å²) in [5.74, 6) is 0.831. The number of anilines is 3. The minimum absolute atomic E-state index is 0.103. The molecule has 5 rings (SSSR count). The highest BCUT2D eigenvalue weighted by molar-refractivity contribution is 6.32. The number of nitrogens with one attached hydrogen (secondary N) is 2. The molecule has 2 heterocycles. The minimum Gasteiger partial charge on any atom is -0.369 e. The van der Waals surface area contributed by atoms with Crippen LogP contribution >= 0.6 is 11.6 Å². The van der Waals surface area contributed by atoms with Crippen LogP contribution in [0.2, 0.25) is 5.02 Å². The first kappa shape index (κ1) is 17.5. The summed E-state index contributed by atoms with van der Waals surface area (Å²) >= 11 is 6.31. The topological polar surface area (TPSA) is 111 Å². The lowest BCUT2D eigenvalue weighted by Crippen LogP contribution is -2.41. The van der Waals surface area contributed by atoms with Crippen molar-refractivity contribution in [2.45, 2.75) is 37.8 Å². The van der Waals surface area contributed by atoms with E-state index in [4.69, 9.17) is 17.3 Å². The number of carbonyl (C=O) groups excluding carboxylic acids is 1. The number of rotatable bonds is 6. The van der Waals surface area contributed by atoms with Gasteiger partial charge in [0, 0.05) is 12.2 Å². The number of allylic oxidation sites excluding steroid dienone is 1. The summed E-state index contributed by atoms with van der Waals surface area (Å²) in [5.41, 5.74) is 6.47. The molecule has 4 N–H and O–H groups in total. The van der Waals surface area contributed by atoms with E-state index < -0.39 is 0 Å². The van der Waals surface area contributed by atoms with Crippen LogP contribution in [0.15, 0.2) is 30.7 Å². The van der Waals surface area contributed by atoms with Gasteiger partial charge in [0.05, 0.1) is 30.0 Å². The standard InChI is InChI=1S/C19H22ClN7O/c20-14-8-22-19(24-12-7-23-27(9-12)13-2-1-3-13)26-18(14)25-16-11-5-4-10(6-11)15(16)17(21)28/h4-5,7-11,13,15-16H,1-3,6H2,(H2,21,28)(H2,22,24,25,26)/t10-,11+,15+,16-/m1/s1. The number of nitrogens with zero attached hydrogens (tertiary/aromatic N) is 4.